The monoisotopic (exact) mass is 679 g/mol. The minimum atomic E-state index is -4.55. The SMILES string of the molecule is C=C/C(Bc1cc2cc(OC3CCN(C4CS(=O)(=O)C4)CC3)c(-c3ccccc3C(F)(F)F)cc2[nH]1)=C1/NC(=C/C)/C(=C\N)N1CCC. The third kappa shape index (κ3) is 6.75. The van der Waals surface area contributed by atoms with E-state index in [0.717, 1.165) is 52.7 Å². The second kappa shape index (κ2) is 13.4. The van der Waals surface area contributed by atoms with Gasteiger partial charge in [0.25, 0.3) is 0 Å². The summed E-state index contributed by atoms with van der Waals surface area (Å²) < 4.78 is 72.7. The number of fused-ring (bicyclic) bond motifs is 1. The van der Waals surface area contributed by atoms with Crippen LogP contribution in [-0.2, 0) is 16.0 Å². The maximum Gasteiger partial charge on any atom is 0.417 e. The van der Waals surface area contributed by atoms with Gasteiger partial charge < -0.3 is 25.7 Å². The van der Waals surface area contributed by atoms with Crippen molar-refractivity contribution >= 4 is 33.6 Å². The number of H-pyrrole nitrogens is 1. The Balaban J connectivity index is 1.34. The zero-order valence-electron chi connectivity index (χ0n) is 27.2. The largest absolute Gasteiger partial charge is 0.490 e. The van der Waals surface area contributed by atoms with Crippen LogP contribution in [0.4, 0.5) is 13.2 Å². The summed E-state index contributed by atoms with van der Waals surface area (Å²) in [6, 6.07) is 11.2. The smallest absolute Gasteiger partial charge is 0.417 e. The fourth-order valence-electron chi connectivity index (χ4n) is 6.97. The third-order valence-electron chi connectivity index (χ3n) is 9.39. The fourth-order valence-corrected chi connectivity index (χ4v) is 8.46. The normalized spacial score (nSPS) is 21.8. The van der Waals surface area contributed by atoms with Crippen LogP contribution in [0.15, 0.2) is 90.1 Å². The average Bonchev–Trinajstić information content (AvgIpc) is 3.61. The Morgan fingerprint density at radius 2 is 1.88 bits per heavy atom. The lowest BCUT2D eigenvalue weighted by molar-refractivity contribution is -0.137. The summed E-state index contributed by atoms with van der Waals surface area (Å²) >= 11 is 0. The minimum absolute atomic E-state index is 0.0335. The highest BCUT2D eigenvalue weighted by Gasteiger charge is 2.39. The van der Waals surface area contributed by atoms with E-state index in [1.807, 2.05) is 31.2 Å². The lowest BCUT2D eigenvalue weighted by Crippen LogP contribution is -2.56. The van der Waals surface area contributed by atoms with Crippen LogP contribution in [-0.4, -0.2) is 73.8 Å². The van der Waals surface area contributed by atoms with E-state index in [2.05, 4.69) is 33.6 Å². The van der Waals surface area contributed by atoms with E-state index in [4.69, 9.17) is 10.5 Å². The standard InChI is InChI=1S/C35H41BF3N5O3S/c1-4-13-44-31(19-40)29(6-3)42-34(44)28(5-2)36-33-17-22-16-32(47-24-11-14-43(15-12-24)23-20-48(45,46)21-23)26(18-30(22)41-33)25-9-7-8-10-27(25)35(37,38)39/h5-10,16-19,23-24,36,41-42H,2,4,11-15,20-21,40H2,1,3H3/b29-6+,31-19+,34-28+. The Morgan fingerprint density at radius 3 is 2.50 bits per heavy atom. The molecule has 0 amide bonds. The van der Waals surface area contributed by atoms with Crippen molar-refractivity contribution in [3.8, 4) is 16.9 Å². The molecule has 0 unspecified atom stereocenters. The number of aromatic nitrogens is 1. The Hall–Kier alpha value is -4.10. The molecule has 3 aromatic rings. The molecule has 1 aromatic heterocycles. The molecule has 2 aromatic carbocycles. The molecule has 8 nitrogen and oxygen atoms in total. The molecular formula is C35H41BF3N5O3S. The first-order valence-electron chi connectivity index (χ1n) is 16.4. The zero-order valence-corrected chi connectivity index (χ0v) is 28.1. The molecule has 3 aliphatic heterocycles. The molecule has 6 rings (SSSR count). The summed E-state index contributed by atoms with van der Waals surface area (Å²) in [4.78, 5) is 7.77. The summed E-state index contributed by atoms with van der Waals surface area (Å²) in [6.45, 7) is 10.2. The Morgan fingerprint density at radius 1 is 1.15 bits per heavy atom. The van der Waals surface area contributed by atoms with Crippen molar-refractivity contribution in [2.24, 2.45) is 5.73 Å². The second-order valence-corrected chi connectivity index (χ2v) is 14.8. The van der Waals surface area contributed by atoms with E-state index in [-0.39, 0.29) is 29.2 Å². The number of likely N-dealkylation sites (tertiary alicyclic amines) is 1. The molecule has 3 fully saturated rings. The maximum atomic E-state index is 14.2. The molecular weight excluding hydrogens is 638 g/mol. The molecule has 48 heavy (non-hydrogen) atoms. The van der Waals surface area contributed by atoms with Gasteiger partial charge in [-0.15, -0.1) is 0 Å². The molecule has 4 heterocycles. The molecule has 0 atom stereocenters. The number of piperidine rings is 1. The predicted octanol–water partition coefficient (Wildman–Crippen LogP) is 4.93. The topological polar surface area (TPSA) is 104 Å². The number of sulfone groups is 1. The van der Waals surface area contributed by atoms with Crippen LogP contribution in [0.1, 0.15) is 38.7 Å². The van der Waals surface area contributed by atoms with Gasteiger partial charge in [-0.05, 0) is 67.1 Å². The van der Waals surface area contributed by atoms with Crippen molar-refractivity contribution in [3.05, 3.63) is 95.6 Å². The van der Waals surface area contributed by atoms with E-state index < -0.39 is 21.6 Å². The van der Waals surface area contributed by atoms with Crippen molar-refractivity contribution < 1.29 is 26.3 Å². The van der Waals surface area contributed by atoms with Gasteiger partial charge in [0, 0.05) is 48.3 Å². The van der Waals surface area contributed by atoms with Gasteiger partial charge in [0.2, 0.25) is 7.28 Å². The van der Waals surface area contributed by atoms with Crippen molar-refractivity contribution in [3.63, 3.8) is 0 Å². The Bertz CT molecular complexity index is 1900. The first-order valence-corrected chi connectivity index (χ1v) is 18.2. The number of halogens is 3. The van der Waals surface area contributed by atoms with Crippen molar-refractivity contribution in [2.45, 2.75) is 51.4 Å². The van der Waals surface area contributed by atoms with E-state index in [0.29, 0.717) is 50.0 Å². The number of benzene rings is 2. The number of aromatic amines is 1. The molecule has 0 bridgehead atoms. The van der Waals surface area contributed by atoms with Gasteiger partial charge in [-0.1, -0.05) is 43.9 Å². The molecule has 0 saturated carbocycles. The third-order valence-corrected chi connectivity index (χ3v) is 11.2. The zero-order chi connectivity index (χ0) is 34.2. The summed E-state index contributed by atoms with van der Waals surface area (Å²) in [5, 5.41) is 4.30. The lowest BCUT2D eigenvalue weighted by atomic mass is 9.66. The number of nitrogens with zero attached hydrogens (tertiary/aromatic N) is 2. The quantitative estimate of drug-likeness (QED) is 0.276. The highest BCUT2D eigenvalue weighted by Crippen LogP contribution is 2.42. The van der Waals surface area contributed by atoms with Crippen LogP contribution in [0.5, 0.6) is 5.75 Å². The van der Waals surface area contributed by atoms with Gasteiger partial charge in [0.05, 0.1) is 28.5 Å². The molecule has 13 heteroatoms. The number of ether oxygens (including phenoxy) is 1. The van der Waals surface area contributed by atoms with Crippen LogP contribution in [0.2, 0.25) is 0 Å². The van der Waals surface area contributed by atoms with Gasteiger partial charge in [-0.2, -0.15) is 13.2 Å². The highest BCUT2D eigenvalue weighted by atomic mass is 32.2. The number of rotatable bonds is 9. The Labute approximate surface area is 280 Å². The number of hydrogen-bond acceptors (Lipinski definition) is 7. The molecule has 4 N–H and O–H groups in total. The van der Waals surface area contributed by atoms with Gasteiger partial charge in [-0.25, -0.2) is 8.42 Å². The van der Waals surface area contributed by atoms with Crippen LogP contribution in [0, 0.1) is 0 Å². The second-order valence-electron chi connectivity index (χ2n) is 12.6. The molecule has 0 aliphatic carbocycles. The number of nitrogens with two attached hydrogens (primary N) is 1. The summed E-state index contributed by atoms with van der Waals surface area (Å²) in [5.41, 5.74) is 9.99. The number of nitrogens with one attached hydrogen (secondary N) is 2. The number of hydrogen-bond donors (Lipinski definition) is 3. The van der Waals surface area contributed by atoms with Gasteiger partial charge in [0.1, 0.15) is 17.7 Å². The molecule has 3 aliphatic rings. The maximum absolute atomic E-state index is 14.2. The van der Waals surface area contributed by atoms with Gasteiger partial charge >= 0.3 is 6.18 Å². The fraction of sp³-hybridized carbons (Fsp3) is 0.371. The number of alkyl halides is 3. The molecule has 0 spiro atoms. The van der Waals surface area contributed by atoms with Gasteiger partial charge in [0.15, 0.2) is 9.84 Å². The first kappa shape index (κ1) is 33.8. The predicted molar refractivity (Wildman–Crippen MR) is 187 cm³/mol. The van der Waals surface area contributed by atoms with Gasteiger partial charge in [-0.3, -0.25) is 4.90 Å². The summed E-state index contributed by atoms with van der Waals surface area (Å²) in [6.07, 6.45) is 2.82. The van der Waals surface area contributed by atoms with Crippen molar-refractivity contribution in [1.82, 2.24) is 20.1 Å². The Kier molecular flexibility index (Phi) is 9.45. The lowest BCUT2D eigenvalue weighted by Gasteiger charge is -2.41. The van der Waals surface area contributed by atoms with E-state index in [9.17, 15) is 21.6 Å². The molecule has 0 radical (unpaired) electrons. The summed E-state index contributed by atoms with van der Waals surface area (Å²) in [5.74, 6) is 1.65. The average molecular weight is 680 g/mol. The minimum Gasteiger partial charge on any atom is -0.490 e. The van der Waals surface area contributed by atoms with E-state index in [1.165, 1.54) is 12.1 Å². The van der Waals surface area contributed by atoms with Crippen molar-refractivity contribution in [2.75, 3.05) is 31.1 Å². The van der Waals surface area contributed by atoms with E-state index >= 15 is 0 Å². The summed E-state index contributed by atoms with van der Waals surface area (Å²) in [7, 11) is -2.44. The number of allylic oxidation sites excluding steroid dienone is 3. The first-order chi connectivity index (χ1) is 22.9. The molecule has 3 saturated heterocycles. The molecule has 254 valence electrons. The highest BCUT2D eigenvalue weighted by molar-refractivity contribution is 7.92. The van der Waals surface area contributed by atoms with Crippen LogP contribution < -0.4 is 21.4 Å². The van der Waals surface area contributed by atoms with Crippen LogP contribution >= 0.6 is 0 Å². The van der Waals surface area contributed by atoms with Crippen molar-refractivity contribution in [1.29, 1.82) is 0 Å². The van der Waals surface area contributed by atoms with Crippen LogP contribution in [0.3, 0.4) is 0 Å². The van der Waals surface area contributed by atoms with E-state index in [1.54, 1.807) is 18.3 Å². The van der Waals surface area contributed by atoms with Crippen LogP contribution in [0.25, 0.3) is 22.0 Å².